The van der Waals surface area contributed by atoms with Gasteiger partial charge in [-0.15, -0.1) is 0 Å². The van der Waals surface area contributed by atoms with Crippen molar-refractivity contribution in [2.75, 3.05) is 26.3 Å². The van der Waals surface area contributed by atoms with Crippen molar-refractivity contribution in [3.63, 3.8) is 0 Å². The van der Waals surface area contributed by atoms with Crippen LogP contribution in [-0.2, 0) is 0 Å². The third-order valence-corrected chi connectivity index (χ3v) is 3.92. The first-order chi connectivity index (χ1) is 9.31. The summed E-state index contributed by atoms with van der Waals surface area (Å²) in [7, 11) is 0. The van der Waals surface area contributed by atoms with Gasteiger partial charge in [-0.25, -0.2) is 0 Å². The number of likely N-dealkylation sites (tertiary alicyclic amines) is 1. The van der Waals surface area contributed by atoms with Crippen molar-refractivity contribution in [3.8, 4) is 5.75 Å². The van der Waals surface area contributed by atoms with E-state index in [-0.39, 0.29) is 0 Å². The second-order valence-electron chi connectivity index (χ2n) is 5.31. The normalized spacial score (nSPS) is 19.8. The Morgan fingerprint density at radius 2 is 2.21 bits per heavy atom. The van der Waals surface area contributed by atoms with E-state index in [2.05, 4.69) is 17.9 Å². The number of aryl methyl sites for hydroxylation is 1. The summed E-state index contributed by atoms with van der Waals surface area (Å²) in [6.45, 7) is 5.30. The van der Waals surface area contributed by atoms with Crippen molar-refractivity contribution in [1.29, 1.82) is 0 Å². The molecule has 1 atom stereocenters. The summed E-state index contributed by atoms with van der Waals surface area (Å²) in [5.41, 5.74) is 1.20. The summed E-state index contributed by atoms with van der Waals surface area (Å²) < 4.78 is 5.86. The standard InChI is InChI=1S/C16H25NO2/c1-14-6-2-3-9-16(14)19-13-11-17-10-4-7-15(17)8-5-12-18/h2-3,6,9,15,18H,4-5,7-8,10-13H2,1H3. The van der Waals surface area contributed by atoms with E-state index in [9.17, 15) is 0 Å². The lowest BCUT2D eigenvalue weighted by Gasteiger charge is -2.24. The number of aliphatic hydroxyl groups is 1. The lowest BCUT2D eigenvalue weighted by atomic mass is 10.1. The molecule has 0 saturated carbocycles. The van der Waals surface area contributed by atoms with Gasteiger partial charge in [0, 0.05) is 19.2 Å². The van der Waals surface area contributed by atoms with Crippen LogP contribution in [-0.4, -0.2) is 42.4 Å². The van der Waals surface area contributed by atoms with Crippen LogP contribution in [0.25, 0.3) is 0 Å². The topological polar surface area (TPSA) is 32.7 Å². The molecule has 2 rings (SSSR count). The van der Waals surface area contributed by atoms with Crippen LogP contribution in [0.2, 0.25) is 0 Å². The van der Waals surface area contributed by atoms with Crippen LogP contribution in [0.3, 0.4) is 0 Å². The largest absolute Gasteiger partial charge is 0.492 e. The second kappa shape index (κ2) is 7.51. The van der Waals surface area contributed by atoms with Gasteiger partial charge < -0.3 is 9.84 Å². The smallest absolute Gasteiger partial charge is 0.122 e. The molecule has 1 aromatic rings. The summed E-state index contributed by atoms with van der Waals surface area (Å²) >= 11 is 0. The second-order valence-corrected chi connectivity index (χ2v) is 5.31. The number of rotatable bonds is 7. The number of aliphatic hydroxyl groups excluding tert-OH is 1. The van der Waals surface area contributed by atoms with Gasteiger partial charge in [0.1, 0.15) is 12.4 Å². The first-order valence-electron chi connectivity index (χ1n) is 7.34. The summed E-state index contributed by atoms with van der Waals surface area (Å²) in [4.78, 5) is 2.51. The number of hydrogen-bond acceptors (Lipinski definition) is 3. The molecule has 1 saturated heterocycles. The highest BCUT2D eigenvalue weighted by molar-refractivity contribution is 5.31. The molecule has 1 aliphatic heterocycles. The van der Waals surface area contributed by atoms with Crippen LogP contribution in [0, 0.1) is 6.92 Å². The molecule has 1 aromatic carbocycles. The van der Waals surface area contributed by atoms with Gasteiger partial charge in [0.15, 0.2) is 0 Å². The Bertz CT molecular complexity index is 381. The SMILES string of the molecule is Cc1ccccc1OCCN1CCCC1CCCO. The Labute approximate surface area is 116 Å². The van der Waals surface area contributed by atoms with Crippen LogP contribution in [0.1, 0.15) is 31.2 Å². The number of hydrogen-bond donors (Lipinski definition) is 1. The maximum atomic E-state index is 8.92. The van der Waals surface area contributed by atoms with Crippen molar-refractivity contribution < 1.29 is 9.84 Å². The van der Waals surface area contributed by atoms with Crippen LogP contribution in [0.5, 0.6) is 5.75 Å². The fraction of sp³-hybridized carbons (Fsp3) is 0.625. The summed E-state index contributed by atoms with van der Waals surface area (Å²) in [6.07, 6.45) is 4.57. The average molecular weight is 263 g/mol. The zero-order valence-corrected chi connectivity index (χ0v) is 11.8. The lowest BCUT2D eigenvalue weighted by Crippen LogP contribution is -2.33. The average Bonchev–Trinajstić information content (AvgIpc) is 2.86. The van der Waals surface area contributed by atoms with Gasteiger partial charge in [0.25, 0.3) is 0 Å². The molecule has 0 aliphatic carbocycles. The van der Waals surface area contributed by atoms with Gasteiger partial charge in [0.05, 0.1) is 0 Å². The van der Waals surface area contributed by atoms with E-state index in [0.717, 1.165) is 31.7 Å². The highest BCUT2D eigenvalue weighted by Crippen LogP contribution is 2.21. The Morgan fingerprint density at radius 3 is 3.00 bits per heavy atom. The third kappa shape index (κ3) is 4.22. The molecule has 0 aromatic heterocycles. The minimum Gasteiger partial charge on any atom is -0.492 e. The molecule has 19 heavy (non-hydrogen) atoms. The van der Waals surface area contributed by atoms with E-state index < -0.39 is 0 Å². The lowest BCUT2D eigenvalue weighted by molar-refractivity contribution is 0.180. The van der Waals surface area contributed by atoms with E-state index in [0.29, 0.717) is 12.6 Å². The summed E-state index contributed by atoms with van der Waals surface area (Å²) in [5.74, 6) is 0.994. The molecule has 0 spiro atoms. The Balaban J connectivity index is 1.74. The highest BCUT2D eigenvalue weighted by atomic mass is 16.5. The molecule has 1 aliphatic rings. The predicted molar refractivity (Wildman–Crippen MR) is 77.6 cm³/mol. The number of para-hydroxylation sites is 1. The summed E-state index contributed by atoms with van der Waals surface area (Å²) in [6, 6.07) is 8.81. The van der Waals surface area contributed by atoms with Gasteiger partial charge >= 0.3 is 0 Å². The van der Waals surface area contributed by atoms with Crippen LogP contribution >= 0.6 is 0 Å². The van der Waals surface area contributed by atoms with Gasteiger partial charge in [0.2, 0.25) is 0 Å². The van der Waals surface area contributed by atoms with Gasteiger partial charge in [-0.2, -0.15) is 0 Å². The maximum Gasteiger partial charge on any atom is 0.122 e. The van der Waals surface area contributed by atoms with E-state index in [1.807, 2.05) is 18.2 Å². The molecule has 0 amide bonds. The fourth-order valence-electron chi connectivity index (χ4n) is 2.83. The zero-order valence-electron chi connectivity index (χ0n) is 11.8. The Morgan fingerprint density at radius 1 is 1.37 bits per heavy atom. The molecule has 1 N–H and O–H groups in total. The zero-order chi connectivity index (χ0) is 13.5. The molecule has 1 unspecified atom stereocenters. The molecule has 0 radical (unpaired) electrons. The maximum absolute atomic E-state index is 8.92. The van der Waals surface area contributed by atoms with Crippen molar-refractivity contribution in [1.82, 2.24) is 4.90 Å². The number of benzene rings is 1. The quantitative estimate of drug-likeness (QED) is 0.821. The van der Waals surface area contributed by atoms with Crippen LogP contribution in [0.15, 0.2) is 24.3 Å². The van der Waals surface area contributed by atoms with E-state index in [1.165, 1.54) is 24.9 Å². The Kier molecular flexibility index (Phi) is 5.67. The van der Waals surface area contributed by atoms with Crippen molar-refractivity contribution in [2.45, 2.75) is 38.6 Å². The van der Waals surface area contributed by atoms with Crippen molar-refractivity contribution >= 4 is 0 Å². The highest BCUT2D eigenvalue weighted by Gasteiger charge is 2.23. The number of nitrogens with zero attached hydrogens (tertiary/aromatic N) is 1. The number of ether oxygens (including phenoxy) is 1. The first kappa shape index (κ1) is 14.4. The molecule has 0 bridgehead atoms. The molecule has 106 valence electrons. The van der Waals surface area contributed by atoms with E-state index in [4.69, 9.17) is 9.84 Å². The monoisotopic (exact) mass is 263 g/mol. The predicted octanol–water partition coefficient (Wildman–Crippen LogP) is 2.61. The summed E-state index contributed by atoms with van der Waals surface area (Å²) in [5, 5.41) is 8.92. The molecular formula is C16H25NO2. The molecular weight excluding hydrogens is 238 g/mol. The van der Waals surface area contributed by atoms with Gasteiger partial charge in [-0.05, 0) is 50.8 Å². The van der Waals surface area contributed by atoms with Crippen LogP contribution in [0.4, 0.5) is 0 Å². The van der Waals surface area contributed by atoms with Crippen molar-refractivity contribution in [2.24, 2.45) is 0 Å². The van der Waals surface area contributed by atoms with Gasteiger partial charge in [-0.1, -0.05) is 18.2 Å². The minimum absolute atomic E-state index is 0.310. The molecule has 1 fully saturated rings. The minimum atomic E-state index is 0.310. The van der Waals surface area contributed by atoms with Gasteiger partial charge in [-0.3, -0.25) is 4.90 Å². The van der Waals surface area contributed by atoms with E-state index in [1.54, 1.807) is 0 Å². The fourth-order valence-corrected chi connectivity index (χ4v) is 2.83. The van der Waals surface area contributed by atoms with Crippen LogP contribution < -0.4 is 4.74 Å². The Hall–Kier alpha value is -1.06. The first-order valence-corrected chi connectivity index (χ1v) is 7.34. The van der Waals surface area contributed by atoms with E-state index >= 15 is 0 Å². The molecule has 3 heteroatoms. The third-order valence-electron chi connectivity index (χ3n) is 3.92. The van der Waals surface area contributed by atoms with Crippen molar-refractivity contribution in [3.05, 3.63) is 29.8 Å². The molecule has 1 heterocycles. The molecule has 3 nitrogen and oxygen atoms in total.